The molecule has 0 saturated heterocycles. The second kappa shape index (κ2) is 7.90. The number of carbonyl (C=O) groups excluding carboxylic acids is 1. The van der Waals surface area contributed by atoms with Crippen molar-refractivity contribution in [3.63, 3.8) is 0 Å². The topological polar surface area (TPSA) is 64.1 Å². The number of rotatable bonds is 5. The van der Waals surface area contributed by atoms with Crippen LogP contribution >= 0.6 is 0 Å². The van der Waals surface area contributed by atoms with E-state index in [0.717, 1.165) is 12.0 Å². The van der Waals surface area contributed by atoms with E-state index in [2.05, 4.69) is 22.2 Å². The molecule has 1 aliphatic rings. The van der Waals surface area contributed by atoms with E-state index in [9.17, 15) is 4.79 Å². The third-order valence-electron chi connectivity index (χ3n) is 4.49. The van der Waals surface area contributed by atoms with Gasteiger partial charge in [0.25, 0.3) is 5.91 Å². The monoisotopic (exact) mass is 325 g/mol. The molecule has 0 spiro atoms. The number of hydrogen-bond donors (Lipinski definition) is 1. The summed E-state index contributed by atoms with van der Waals surface area (Å²) < 4.78 is 5.50. The van der Waals surface area contributed by atoms with Gasteiger partial charge in [-0.25, -0.2) is 9.97 Å². The molecule has 2 atom stereocenters. The fourth-order valence-corrected chi connectivity index (χ4v) is 3.06. The maximum atomic E-state index is 12.0. The molecule has 5 heteroatoms. The summed E-state index contributed by atoms with van der Waals surface area (Å²) in [6.07, 6.45) is 7.89. The molecule has 3 rings (SSSR count). The number of amides is 1. The fraction of sp³-hybridized carbons (Fsp3) is 0.421. The van der Waals surface area contributed by atoms with E-state index in [1.165, 1.54) is 19.3 Å². The number of benzene rings is 1. The number of aromatic nitrogens is 2. The second-order valence-electron chi connectivity index (χ2n) is 6.33. The van der Waals surface area contributed by atoms with Crippen LogP contribution in [0, 0.1) is 5.92 Å². The first-order valence-electron chi connectivity index (χ1n) is 8.52. The lowest BCUT2D eigenvalue weighted by molar-refractivity contribution is -0.124. The van der Waals surface area contributed by atoms with Crippen molar-refractivity contribution in [3.05, 3.63) is 42.7 Å². The highest BCUT2D eigenvalue weighted by Gasteiger charge is 2.22. The highest BCUT2D eigenvalue weighted by atomic mass is 16.5. The van der Waals surface area contributed by atoms with E-state index in [0.29, 0.717) is 17.5 Å². The fourth-order valence-electron chi connectivity index (χ4n) is 3.06. The van der Waals surface area contributed by atoms with E-state index in [4.69, 9.17) is 4.74 Å². The van der Waals surface area contributed by atoms with Crippen LogP contribution < -0.4 is 10.1 Å². The van der Waals surface area contributed by atoms with Gasteiger partial charge >= 0.3 is 0 Å². The quantitative estimate of drug-likeness (QED) is 0.917. The van der Waals surface area contributed by atoms with Gasteiger partial charge in [0.2, 0.25) is 0 Å². The zero-order valence-electron chi connectivity index (χ0n) is 13.9. The van der Waals surface area contributed by atoms with Gasteiger partial charge in [-0.1, -0.05) is 50.1 Å². The van der Waals surface area contributed by atoms with Gasteiger partial charge in [-0.2, -0.15) is 0 Å². The van der Waals surface area contributed by atoms with Gasteiger partial charge in [0.05, 0.1) is 12.4 Å². The van der Waals surface area contributed by atoms with Crippen LogP contribution in [0.4, 0.5) is 0 Å². The summed E-state index contributed by atoms with van der Waals surface area (Å²) in [6, 6.07) is 10.0. The van der Waals surface area contributed by atoms with Crippen LogP contribution in [-0.2, 0) is 4.79 Å². The predicted molar refractivity (Wildman–Crippen MR) is 92.5 cm³/mol. The number of ether oxygens (including phenoxy) is 1. The van der Waals surface area contributed by atoms with E-state index in [1.54, 1.807) is 12.4 Å². The number of hydrogen-bond acceptors (Lipinski definition) is 4. The summed E-state index contributed by atoms with van der Waals surface area (Å²) in [5.41, 5.74) is 0.952. The maximum Gasteiger partial charge on any atom is 0.258 e. The molecule has 0 radical (unpaired) electrons. The van der Waals surface area contributed by atoms with Gasteiger partial charge in [0.1, 0.15) is 0 Å². The molecule has 24 heavy (non-hydrogen) atoms. The Hall–Kier alpha value is -2.43. The van der Waals surface area contributed by atoms with Crippen molar-refractivity contribution < 1.29 is 9.53 Å². The molecule has 1 N–H and O–H groups in total. The number of carbonyl (C=O) groups is 1. The lowest BCUT2D eigenvalue weighted by atomic mass is 9.86. The smallest absolute Gasteiger partial charge is 0.258 e. The van der Waals surface area contributed by atoms with E-state index < -0.39 is 0 Å². The van der Waals surface area contributed by atoms with E-state index in [-0.39, 0.29) is 18.6 Å². The third-order valence-corrected chi connectivity index (χ3v) is 4.49. The zero-order chi connectivity index (χ0) is 16.8. The molecular weight excluding hydrogens is 302 g/mol. The van der Waals surface area contributed by atoms with Crippen molar-refractivity contribution >= 4 is 5.91 Å². The highest BCUT2D eigenvalue weighted by molar-refractivity contribution is 5.77. The normalized spacial score (nSPS) is 20.4. The summed E-state index contributed by atoms with van der Waals surface area (Å²) >= 11 is 0. The van der Waals surface area contributed by atoms with Crippen LogP contribution in [0.15, 0.2) is 42.7 Å². The second-order valence-corrected chi connectivity index (χ2v) is 6.33. The van der Waals surface area contributed by atoms with Gasteiger partial charge in [-0.3, -0.25) is 4.79 Å². The average Bonchev–Trinajstić information content (AvgIpc) is 2.63. The van der Waals surface area contributed by atoms with Crippen molar-refractivity contribution in [2.75, 3.05) is 6.61 Å². The lowest BCUT2D eigenvalue weighted by Gasteiger charge is -2.29. The molecule has 1 saturated carbocycles. The predicted octanol–water partition coefficient (Wildman–Crippen LogP) is 3.22. The van der Waals surface area contributed by atoms with Crippen molar-refractivity contribution in [2.24, 2.45) is 5.92 Å². The molecule has 1 aromatic heterocycles. The molecule has 0 aliphatic heterocycles. The Bertz CT molecular complexity index is 658. The van der Waals surface area contributed by atoms with Crippen LogP contribution in [0.5, 0.6) is 5.75 Å². The summed E-state index contributed by atoms with van der Waals surface area (Å²) in [5, 5.41) is 3.07. The summed E-state index contributed by atoms with van der Waals surface area (Å²) in [7, 11) is 0. The summed E-state index contributed by atoms with van der Waals surface area (Å²) in [5.74, 6) is 1.60. The van der Waals surface area contributed by atoms with Crippen molar-refractivity contribution in [3.8, 4) is 17.1 Å². The molecule has 1 aromatic carbocycles. The Kier molecular flexibility index (Phi) is 5.41. The molecule has 1 fully saturated rings. The van der Waals surface area contributed by atoms with Crippen molar-refractivity contribution in [1.82, 2.24) is 15.3 Å². The Morgan fingerprint density at radius 1 is 1.17 bits per heavy atom. The molecule has 1 aliphatic carbocycles. The standard InChI is InChI=1S/C19H23N3O2/c1-14-7-5-6-10-17(14)22-18(23)13-24-16-11-20-19(21-12-16)15-8-3-2-4-9-15/h2-4,8-9,11-12,14,17H,5-7,10,13H2,1H3,(H,22,23)/t14-,17-/m1/s1. The SMILES string of the molecule is C[C@@H]1CCCC[C@H]1NC(=O)COc1cnc(-c2ccccc2)nc1. The molecule has 1 heterocycles. The first-order chi connectivity index (χ1) is 11.7. The Balaban J connectivity index is 1.50. The van der Waals surface area contributed by atoms with Crippen LogP contribution in [0.3, 0.4) is 0 Å². The average molecular weight is 325 g/mol. The Morgan fingerprint density at radius 3 is 2.58 bits per heavy atom. The summed E-state index contributed by atoms with van der Waals surface area (Å²) in [4.78, 5) is 20.6. The van der Waals surface area contributed by atoms with Gasteiger partial charge in [-0.15, -0.1) is 0 Å². The van der Waals surface area contributed by atoms with E-state index >= 15 is 0 Å². The first-order valence-corrected chi connectivity index (χ1v) is 8.52. The van der Waals surface area contributed by atoms with Crippen LogP contribution in [-0.4, -0.2) is 28.5 Å². The largest absolute Gasteiger partial charge is 0.481 e. The maximum absolute atomic E-state index is 12.0. The molecule has 126 valence electrons. The molecule has 0 unspecified atom stereocenters. The van der Waals surface area contributed by atoms with Crippen LogP contribution in [0.1, 0.15) is 32.6 Å². The Morgan fingerprint density at radius 2 is 1.88 bits per heavy atom. The molecular formula is C19H23N3O2. The number of nitrogens with zero attached hydrogens (tertiary/aromatic N) is 2. The summed E-state index contributed by atoms with van der Waals surface area (Å²) in [6.45, 7) is 2.19. The van der Waals surface area contributed by atoms with Gasteiger partial charge < -0.3 is 10.1 Å². The first kappa shape index (κ1) is 16.4. The van der Waals surface area contributed by atoms with E-state index in [1.807, 2.05) is 30.3 Å². The molecule has 2 aromatic rings. The Labute approximate surface area is 142 Å². The lowest BCUT2D eigenvalue weighted by Crippen LogP contribution is -2.43. The number of nitrogens with one attached hydrogen (secondary N) is 1. The molecule has 5 nitrogen and oxygen atoms in total. The van der Waals surface area contributed by atoms with Crippen LogP contribution in [0.25, 0.3) is 11.4 Å². The van der Waals surface area contributed by atoms with Gasteiger partial charge in [-0.05, 0) is 18.8 Å². The minimum Gasteiger partial charge on any atom is -0.481 e. The third kappa shape index (κ3) is 4.31. The van der Waals surface area contributed by atoms with Crippen molar-refractivity contribution in [2.45, 2.75) is 38.6 Å². The van der Waals surface area contributed by atoms with Gasteiger partial charge in [0.15, 0.2) is 18.2 Å². The van der Waals surface area contributed by atoms with Crippen molar-refractivity contribution in [1.29, 1.82) is 0 Å². The molecule has 0 bridgehead atoms. The van der Waals surface area contributed by atoms with Crippen LogP contribution in [0.2, 0.25) is 0 Å². The van der Waals surface area contributed by atoms with Gasteiger partial charge in [0, 0.05) is 11.6 Å². The minimum absolute atomic E-state index is 0.00271. The molecule has 1 amide bonds. The minimum atomic E-state index is -0.0825. The zero-order valence-corrected chi connectivity index (χ0v) is 13.9. The highest BCUT2D eigenvalue weighted by Crippen LogP contribution is 2.23.